The summed E-state index contributed by atoms with van der Waals surface area (Å²) in [6.45, 7) is 0. The van der Waals surface area contributed by atoms with E-state index < -0.39 is 21.6 Å². The Morgan fingerprint density at radius 1 is 1.35 bits per heavy atom. The number of benzene rings is 1. The molecule has 17 heavy (non-hydrogen) atoms. The Morgan fingerprint density at radius 2 is 2.06 bits per heavy atom. The molecule has 0 spiro atoms. The van der Waals surface area contributed by atoms with Gasteiger partial charge < -0.3 is 9.72 Å². The highest BCUT2D eigenvalue weighted by Gasteiger charge is 2.22. The Labute approximate surface area is 98.3 Å². The topological polar surface area (TPSA) is 76.2 Å². The predicted molar refractivity (Wildman–Crippen MR) is 62.4 cm³/mol. The molecule has 1 aromatic carbocycles. The molecule has 90 valence electrons. The first-order chi connectivity index (χ1) is 8.04. The number of H-pyrrole nitrogens is 1. The van der Waals surface area contributed by atoms with Crippen LogP contribution in [0.25, 0.3) is 10.9 Å². The second-order valence-corrected chi connectivity index (χ2v) is 5.49. The predicted octanol–water partition coefficient (Wildman–Crippen LogP) is 1.11. The lowest BCUT2D eigenvalue weighted by Crippen LogP contribution is -2.17. The Bertz CT molecular complexity index is 657. The summed E-state index contributed by atoms with van der Waals surface area (Å²) in [7, 11) is -2.50. The van der Waals surface area contributed by atoms with Crippen molar-refractivity contribution in [2.45, 2.75) is 4.90 Å². The monoisotopic (exact) mass is 253 g/mol. The van der Waals surface area contributed by atoms with Gasteiger partial charge in [0.15, 0.2) is 15.6 Å². The molecule has 0 radical (unpaired) electrons. The molecule has 6 heteroatoms. The van der Waals surface area contributed by atoms with Crippen LogP contribution in [-0.2, 0) is 19.4 Å². The fourth-order valence-corrected chi connectivity index (χ4v) is 2.93. The van der Waals surface area contributed by atoms with E-state index in [1.165, 1.54) is 6.20 Å². The third-order valence-electron chi connectivity index (χ3n) is 2.42. The second-order valence-electron chi connectivity index (χ2n) is 3.53. The minimum Gasteiger partial charge on any atom is -0.468 e. The van der Waals surface area contributed by atoms with Gasteiger partial charge in [-0.05, 0) is 6.07 Å². The molecule has 0 saturated heterocycles. The molecule has 2 rings (SSSR count). The van der Waals surface area contributed by atoms with Crippen LogP contribution in [-0.4, -0.2) is 32.2 Å². The van der Waals surface area contributed by atoms with Crippen molar-refractivity contribution in [1.82, 2.24) is 4.98 Å². The number of sulfone groups is 1. The lowest BCUT2D eigenvalue weighted by molar-refractivity contribution is -0.137. The van der Waals surface area contributed by atoms with E-state index in [4.69, 9.17) is 0 Å². The molecule has 0 aliphatic rings. The summed E-state index contributed by atoms with van der Waals surface area (Å²) in [5.41, 5.74) is 0.718. The van der Waals surface area contributed by atoms with Crippen molar-refractivity contribution in [3.63, 3.8) is 0 Å². The lowest BCUT2D eigenvalue weighted by Gasteiger charge is -2.01. The molecule has 0 atom stereocenters. The first-order valence-electron chi connectivity index (χ1n) is 4.90. The first kappa shape index (κ1) is 11.7. The van der Waals surface area contributed by atoms with E-state index in [0.717, 1.165) is 12.6 Å². The molecule has 0 fully saturated rings. The van der Waals surface area contributed by atoms with Crippen molar-refractivity contribution >= 4 is 26.7 Å². The van der Waals surface area contributed by atoms with Crippen LogP contribution in [0.1, 0.15) is 0 Å². The van der Waals surface area contributed by atoms with Gasteiger partial charge in [0, 0.05) is 17.1 Å². The number of ether oxygens (including phenoxy) is 1. The van der Waals surface area contributed by atoms with Gasteiger partial charge in [0.1, 0.15) is 0 Å². The zero-order chi connectivity index (χ0) is 12.5. The molecular weight excluding hydrogens is 242 g/mol. The Morgan fingerprint density at radius 3 is 2.76 bits per heavy atom. The third kappa shape index (κ3) is 2.16. The molecule has 0 unspecified atom stereocenters. The first-order valence-corrected chi connectivity index (χ1v) is 6.55. The van der Waals surface area contributed by atoms with Crippen LogP contribution in [0.4, 0.5) is 0 Å². The van der Waals surface area contributed by atoms with Gasteiger partial charge in [-0.15, -0.1) is 0 Å². The van der Waals surface area contributed by atoms with Crippen LogP contribution in [0.5, 0.6) is 0 Å². The zero-order valence-electron chi connectivity index (χ0n) is 9.14. The molecule has 1 heterocycles. The second kappa shape index (κ2) is 4.21. The summed E-state index contributed by atoms with van der Waals surface area (Å²) in [6, 6.07) is 7.01. The van der Waals surface area contributed by atoms with E-state index in [1.54, 1.807) is 24.3 Å². The zero-order valence-corrected chi connectivity index (χ0v) is 9.95. The number of hydrogen-bond donors (Lipinski definition) is 1. The standard InChI is InChI=1S/C11H11NO4S/c1-16-11(13)7-17(14,15)10-6-12-9-5-3-2-4-8(9)10/h2-6,12H,7H2,1H3. The summed E-state index contributed by atoms with van der Waals surface area (Å²) in [5.74, 6) is -1.42. The van der Waals surface area contributed by atoms with Gasteiger partial charge in [-0.3, -0.25) is 4.79 Å². The van der Waals surface area contributed by atoms with Crippen molar-refractivity contribution in [3.05, 3.63) is 30.5 Å². The number of aromatic amines is 1. The van der Waals surface area contributed by atoms with Gasteiger partial charge in [0.05, 0.1) is 12.0 Å². The molecule has 5 nitrogen and oxygen atoms in total. The van der Waals surface area contributed by atoms with Crippen LogP contribution < -0.4 is 0 Å². The minimum absolute atomic E-state index is 0.124. The fourth-order valence-electron chi connectivity index (χ4n) is 1.59. The maximum atomic E-state index is 12.0. The summed E-state index contributed by atoms with van der Waals surface area (Å²) < 4.78 is 28.3. The van der Waals surface area contributed by atoms with Crippen molar-refractivity contribution in [2.75, 3.05) is 12.9 Å². The van der Waals surface area contributed by atoms with E-state index in [9.17, 15) is 13.2 Å². The van der Waals surface area contributed by atoms with Gasteiger partial charge in [-0.2, -0.15) is 0 Å². The Hall–Kier alpha value is -1.82. The fraction of sp³-hybridized carbons (Fsp3) is 0.182. The number of nitrogens with one attached hydrogen (secondary N) is 1. The van der Waals surface area contributed by atoms with Crippen LogP contribution in [0, 0.1) is 0 Å². The van der Waals surface area contributed by atoms with Crippen molar-refractivity contribution in [3.8, 4) is 0 Å². The molecule has 0 aliphatic carbocycles. The maximum absolute atomic E-state index is 12.0. The van der Waals surface area contributed by atoms with Gasteiger partial charge in [-0.25, -0.2) is 8.42 Å². The molecule has 1 aromatic heterocycles. The highest BCUT2D eigenvalue weighted by Crippen LogP contribution is 2.23. The summed E-state index contributed by atoms with van der Waals surface area (Å²) >= 11 is 0. The average molecular weight is 253 g/mol. The molecule has 2 aromatic rings. The Balaban J connectivity index is 2.50. The normalized spacial score (nSPS) is 11.6. The summed E-state index contributed by atoms with van der Waals surface area (Å²) in [6.07, 6.45) is 1.39. The quantitative estimate of drug-likeness (QED) is 0.831. The van der Waals surface area contributed by atoms with E-state index in [0.29, 0.717) is 5.39 Å². The van der Waals surface area contributed by atoms with Gasteiger partial charge >= 0.3 is 5.97 Å². The molecule has 0 bridgehead atoms. The highest BCUT2D eigenvalue weighted by molar-refractivity contribution is 7.92. The van der Waals surface area contributed by atoms with E-state index in [-0.39, 0.29) is 4.90 Å². The Kier molecular flexibility index (Phi) is 2.89. The van der Waals surface area contributed by atoms with E-state index in [2.05, 4.69) is 9.72 Å². The third-order valence-corrected chi connectivity index (χ3v) is 4.05. The molecule has 1 N–H and O–H groups in total. The maximum Gasteiger partial charge on any atom is 0.321 e. The lowest BCUT2D eigenvalue weighted by atomic mass is 10.2. The molecule has 0 saturated carbocycles. The molecule has 0 amide bonds. The largest absolute Gasteiger partial charge is 0.468 e. The number of carbonyl (C=O) groups is 1. The van der Waals surface area contributed by atoms with Crippen LogP contribution in [0.15, 0.2) is 35.4 Å². The van der Waals surface area contributed by atoms with Crippen molar-refractivity contribution in [2.24, 2.45) is 0 Å². The van der Waals surface area contributed by atoms with Crippen LogP contribution >= 0.6 is 0 Å². The molecule has 0 aliphatic heterocycles. The number of fused-ring (bicyclic) bond motifs is 1. The van der Waals surface area contributed by atoms with Crippen LogP contribution in [0.2, 0.25) is 0 Å². The van der Waals surface area contributed by atoms with E-state index >= 15 is 0 Å². The number of hydrogen-bond acceptors (Lipinski definition) is 4. The number of aromatic nitrogens is 1. The number of rotatable bonds is 3. The van der Waals surface area contributed by atoms with Gasteiger partial charge in [-0.1, -0.05) is 18.2 Å². The minimum atomic E-state index is -3.66. The van der Waals surface area contributed by atoms with Crippen molar-refractivity contribution < 1.29 is 17.9 Å². The van der Waals surface area contributed by atoms with Gasteiger partial charge in [0.2, 0.25) is 0 Å². The highest BCUT2D eigenvalue weighted by atomic mass is 32.2. The molecular formula is C11H11NO4S. The van der Waals surface area contributed by atoms with E-state index in [1.807, 2.05) is 0 Å². The number of esters is 1. The smallest absolute Gasteiger partial charge is 0.321 e. The average Bonchev–Trinajstić information content (AvgIpc) is 2.72. The van der Waals surface area contributed by atoms with Gasteiger partial charge in [0.25, 0.3) is 0 Å². The van der Waals surface area contributed by atoms with Crippen molar-refractivity contribution in [1.29, 1.82) is 0 Å². The SMILES string of the molecule is COC(=O)CS(=O)(=O)c1c[nH]c2ccccc12. The number of carbonyl (C=O) groups excluding carboxylic acids is 1. The summed E-state index contributed by atoms with van der Waals surface area (Å²) in [5, 5.41) is 0.580. The number of methoxy groups -OCH3 is 1. The summed E-state index contributed by atoms with van der Waals surface area (Å²) in [4.78, 5) is 14.0. The van der Waals surface area contributed by atoms with Crippen LogP contribution in [0.3, 0.4) is 0 Å². The number of para-hydroxylation sites is 1.